The fraction of sp³-hybridized carbons (Fsp3) is 0.185. The van der Waals surface area contributed by atoms with E-state index < -0.39 is 0 Å². The molecule has 4 aromatic rings. The third-order valence-electron chi connectivity index (χ3n) is 5.09. The molecule has 1 heterocycles. The van der Waals surface area contributed by atoms with Gasteiger partial charge in [-0.1, -0.05) is 42.0 Å². The van der Waals surface area contributed by atoms with E-state index in [-0.39, 0.29) is 5.91 Å². The topological polar surface area (TPSA) is 65.4 Å². The lowest BCUT2D eigenvalue weighted by Crippen LogP contribution is -2.12. The maximum Gasteiger partial charge on any atom is 0.255 e. The van der Waals surface area contributed by atoms with Crippen molar-refractivity contribution >= 4 is 11.6 Å². The Bertz CT molecular complexity index is 1200. The van der Waals surface area contributed by atoms with E-state index in [1.807, 2.05) is 55.6 Å². The van der Waals surface area contributed by atoms with E-state index in [2.05, 4.69) is 41.6 Å². The number of hydrogen-bond acceptors (Lipinski definition) is 4. The normalized spacial score (nSPS) is 10.6. The second-order valence-corrected chi connectivity index (χ2v) is 7.76. The zero-order valence-corrected chi connectivity index (χ0v) is 18.8. The van der Waals surface area contributed by atoms with E-state index in [9.17, 15) is 4.79 Å². The van der Waals surface area contributed by atoms with Crippen molar-refractivity contribution in [1.29, 1.82) is 0 Å². The van der Waals surface area contributed by atoms with Gasteiger partial charge in [0.1, 0.15) is 18.1 Å². The molecule has 6 heteroatoms. The number of carbonyl (C=O) groups is 1. The van der Waals surface area contributed by atoms with Crippen molar-refractivity contribution in [2.75, 3.05) is 11.9 Å². The van der Waals surface area contributed by atoms with Crippen molar-refractivity contribution in [3.63, 3.8) is 0 Å². The van der Waals surface area contributed by atoms with Crippen molar-refractivity contribution in [2.24, 2.45) is 0 Å². The minimum Gasteiger partial charge on any atom is -0.494 e. The number of aryl methyl sites for hydroxylation is 1. The Morgan fingerprint density at radius 2 is 1.67 bits per heavy atom. The van der Waals surface area contributed by atoms with Gasteiger partial charge >= 0.3 is 0 Å². The molecular weight excluding hydrogens is 414 g/mol. The number of benzene rings is 3. The van der Waals surface area contributed by atoms with Gasteiger partial charge in [0.25, 0.3) is 5.91 Å². The minimum absolute atomic E-state index is 0.187. The lowest BCUT2D eigenvalue weighted by atomic mass is 10.1. The molecule has 0 unspecified atom stereocenters. The summed E-state index contributed by atoms with van der Waals surface area (Å²) in [5.74, 6) is 1.37. The number of nitrogens with zero attached hydrogens (tertiary/aromatic N) is 2. The number of rotatable bonds is 9. The molecule has 0 fully saturated rings. The van der Waals surface area contributed by atoms with E-state index in [4.69, 9.17) is 9.47 Å². The smallest absolute Gasteiger partial charge is 0.255 e. The summed E-state index contributed by atoms with van der Waals surface area (Å²) < 4.78 is 13.1. The van der Waals surface area contributed by atoms with Gasteiger partial charge in [0.2, 0.25) is 0 Å². The largest absolute Gasteiger partial charge is 0.494 e. The lowest BCUT2D eigenvalue weighted by Gasteiger charge is -2.09. The summed E-state index contributed by atoms with van der Waals surface area (Å²) in [5.41, 5.74) is 4.50. The molecule has 3 aromatic carbocycles. The van der Waals surface area contributed by atoms with Crippen LogP contribution >= 0.6 is 0 Å². The van der Waals surface area contributed by atoms with Gasteiger partial charge in [-0.2, -0.15) is 5.10 Å². The molecule has 1 aromatic heterocycles. The molecule has 168 valence electrons. The number of carbonyl (C=O) groups excluding carboxylic acids is 1. The van der Waals surface area contributed by atoms with Crippen LogP contribution in [0.2, 0.25) is 0 Å². The highest BCUT2D eigenvalue weighted by molar-refractivity contribution is 6.04. The second-order valence-electron chi connectivity index (χ2n) is 7.76. The maximum atomic E-state index is 12.7. The number of anilines is 1. The summed E-state index contributed by atoms with van der Waals surface area (Å²) in [6.07, 6.45) is 3.49. The third kappa shape index (κ3) is 6.23. The molecule has 0 aliphatic carbocycles. The zero-order valence-electron chi connectivity index (χ0n) is 18.8. The van der Waals surface area contributed by atoms with E-state index in [1.165, 1.54) is 5.56 Å². The van der Waals surface area contributed by atoms with Gasteiger partial charge in [0.05, 0.1) is 25.0 Å². The van der Waals surface area contributed by atoms with Gasteiger partial charge in [-0.05, 0) is 61.4 Å². The Morgan fingerprint density at radius 1 is 0.939 bits per heavy atom. The molecule has 0 saturated heterocycles. The Balaban J connectivity index is 1.33. The van der Waals surface area contributed by atoms with Crippen molar-refractivity contribution in [2.45, 2.75) is 27.0 Å². The van der Waals surface area contributed by atoms with Gasteiger partial charge in [0, 0.05) is 11.8 Å². The average Bonchev–Trinajstić information content (AvgIpc) is 3.27. The molecule has 1 N–H and O–H groups in total. The predicted molar refractivity (Wildman–Crippen MR) is 129 cm³/mol. The van der Waals surface area contributed by atoms with E-state index in [0.717, 1.165) is 22.6 Å². The van der Waals surface area contributed by atoms with Crippen molar-refractivity contribution in [1.82, 2.24) is 9.78 Å². The van der Waals surface area contributed by atoms with Crippen LogP contribution in [0.1, 0.15) is 34.0 Å². The molecule has 0 radical (unpaired) electrons. The first-order chi connectivity index (χ1) is 16.1. The fourth-order valence-corrected chi connectivity index (χ4v) is 3.37. The highest BCUT2D eigenvalue weighted by Gasteiger charge is 2.09. The summed E-state index contributed by atoms with van der Waals surface area (Å²) in [7, 11) is 0. The highest BCUT2D eigenvalue weighted by Crippen LogP contribution is 2.19. The Labute approximate surface area is 193 Å². The number of amides is 1. The van der Waals surface area contributed by atoms with Crippen LogP contribution in [0.5, 0.6) is 11.5 Å². The molecule has 0 bridgehead atoms. The summed E-state index contributed by atoms with van der Waals surface area (Å²) in [5, 5.41) is 7.27. The van der Waals surface area contributed by atoms with Crippen LogP contribution in [-0.2, 0) is 13.2 Å². The van der Waals surface area contributed by atoms with Crippen molar-refractivity contribution in [3.8, 4) is 11.5 Å². The maximum absolute atomic E-state index is 12.7. The van der Waals surface area contributed by atoms with Crippen molar-refractivity contribution < 1.29 is 14.3 Å². The van der Waals surface area contributed by atoms with E-state index in [0.29, 0.717) is 31.0 Å². The lowest BCUT2D eigenvalue weighted by molar-refractivity contribution is 0.102. The molecule has 0 spiro atoms. The molecule has 0 atom stereocenters. The first-order valence-electron chi connectivity index (χ1n) is 10.9. The molecule has 33 heavy (non-hydrogen) atoms. The molecule has 0 aliphatic rings. The summed E-state index contributed by atoms with van der Waals surface area (Å²) >= 11 is 0. The fourth-order valence-electron chi connectivity index (χ4n) is 3.37. The van der Waals surface area contributed by atoms with Crippen LogP contribution < -0.4 is 14.8 Å². The first kappa shape index (κ1) is 22.1. The van der Waals surface area contributed by atoms with Crippen molar-refractivity contribution in [3.05, 3.63) is 107 Å². The Kier molecular flexibility index (Phi) is 7.05. The van der Waals surface area contributed by atoms with Gasteiger partial charge in [-0.3, -0.25) is 9.48 Å². The molecule has 6 nitrogen and oxygen atoms in total. The standard InChI is InChI=1S/C27H27N3O3/c1-3-32-25-11-13-26(14-12-25)33-19-22-5-4-6-23(15-22)27(31)29-24-16-28-30(18-24)17-21-9-7-20(2)8-10-21/h4-16,18H,3,17,19H2,1-2H3,(H,29,31). The van der Waals surface area contributed by atoms with Gasteiger partial charge in [-0.15, -0.1) is 0 Å². The monoisotopic (exact) mass is 441 g/mol. The van der Waals surface area contributed by atoms with Gasteiger partial charge < -0.3 is 14.8 Å². The predicted octanol–water partition coefficient (Wildman–Crippen LogP) is 5.47. The van der Waals surface area contributed by atoms with Crippen LogP contribution in [0.4, 0.5) is 5.69 Å². The van der Waals surface area contributed by atoms with Crippen LogP contribution in [-0.4, -0.2) is 22.3 Å². The third-order valence-corrected chi connectivity index (χ3v) is 5.09. The van der Waals surface area contributed by atoms with Crippen LogP contribution in [0, 0.1) is 6.92 Å². The average molecular weight is 442 g/mol. The SMILES string of the molecule is CCOc1ccc(OCc2cccc(C(=O)Nc3cnn(Cc4ccc(C)cc4)c3)c2)cc1. The Morgan fingerprint density at radius 3 is 2.39 bits per heavy atom. The van der Waals surface area contributed by atoms with Crippen LogP contribution in [0.25, 0.3) is 0 Å². The molecular formula is C27H27N3O3. The number of nitrogens with one attached hydrogen (secondary N) is 1. The molecule has 0 saturated carbocycles. The van der Waals surface area contributed by atoms with Gasteiger partial charge in [0.15, 0.2) is 0 Å². The number of aromatic nitrogens is 2. The molecule has 4 rings (SSSR count). The first-order valence-corrected chi connectivity index (χ1v) is 10.9. The minimum atomic E-state index is -0.187. The van der Waals surface area contributed by atoms with Crippen LogP contribution in [0.3, 0.4) is 0 Å². The number of hydrogen-bond donors (Lipinski definition) is 1. The Hall–Kier alpha value is -4.06. The zero-order chi connectivity index (χ0) is 23.0. The quantitative estimate of drug-likeness (QED) is 0.374. The summed E-state index contributed by atoms with van der Waals surface area (Å²) in [4.78, 5) is 12.7. The summed E-state index contributed by atoms with van der Waals surface area (Å²) in [6, 6.07) is 23.2. The summed E-state index contributed by atoms with van der Waals surface area (Å²) in [6.45, 7) is 5.65. The van der Waals surface area contributed by atoms with E-state index >= 15 is 0 Å². The van der Waals surface area contributed by atoms with Gasteiger partial charge in [-0.25, -0.2) is 0 Å². The van der Waals surface area contributed by atoms with Crippen LogP contribution in [0.15, 0.2) is 85.2 Å². The highest BCUT2D eigenvalue weighted by atomic mass is 16.5. The molecule has 1 amide bonds. The van der Waals surface area contributed by atoms with E-state index in [1.54, 1.807) is 16.9 Å². The number of ether oxygens (including phenoxy) is 2. The second kappa shape index (κ2) is 10.5. The molecule has 0 aliphatic heterocycles.